The second kappa shape index (κ2) is 13.8. The molecule has 5 heteroatoms. The fraction of sp³-hybridized carbons (Fsp3) is 1.00. The van der Waals surface area contributed by atoms with Gasteiger partial charge < -0.3 is 24.8 Å². The zero-order valence-electron chi connectivity index (χ0n) is 13.7. The van der Waals surface area contributed by atoms with Gasteiger partial charge in [0.1, 0.15) is 0 Å². The minimum absolute atomic E-state index is 0.418. The second-order valence-electron chi connectivity index (χ2n) is 5.77. The summed E-state index contributed by atoms with van der Waals surface area (Å²) in [5.74, 6) is 0.722. The topological polar surface area (TPSA) is 54.0 Å². The number of nitrogens with zero attached hydrogens (tertiary/aromatic N) is 1. The predicted octanol–water partition coefficient (Wildman–Crippen LogP) is 0.968. The molecule has 0 saturated carbocycles. The average Bonchev–Trinajstić information content (AvgIpc) is 2.40. The lowest BCUT2D eigenvalue weighted by atomic mass is 10.1. The average molecular weight is 290 g/mol. The number of hydrogen-bond acceptors (Lipinski definition) is 5. The van der Waals surface area contributed by atoms with Crippen LogP contribution in [0.15, 0.2) is 0 Å². The molecule has 1 atom stereocenters. The fourth-order valence-electron chi connectivity index (χ4n) is 1.77. The molecule has 0 spiro atoms. The summed E-state index contributed by atoms with van der Waals surface area (Å²) >= 11 is 0. The van der Waals surface area contributed by atoms with Crippen LogP contribution in [0.25, 0.3) is 0 Å². The lowest BCUT2D eigenvalue weighted by molar-refractivity contribution is 0.0346. The van der Waals surface area contributed by atoms with Crippen molar-refractivity contribution in [3.8, 4) is 0 Å². The summed E-state index contributed by atoms with van der Waals surface area (Å²) in [6, 6.07) is 0. The van der Waals surface area contributed by atoms with Crippen molar-refractivity contribution < 1.29 is 14.6 Å². The van der Waals surface area contributed by atoms with Crippen molar-refractivity contribution in [2.45, 2.75) is 32.8 Å². The molecule has 0 bridgehead atoms. The maximum absolute atomic E-state index is 9.74. The Balaban J connectivity index is 3.29. The lowest BCUT2D eigenvalue weighted by Gasteiger charge is -2.17. The van der Waals surface area contributed by atoms with Gasteiger partial charge in [0.25, 0.3) is 0 Å². The highest BCUT2D eigenvalue weighted by molar-refractivity contribution is 4.60. The van der Waals surface area contributed by atoms with Gasteiger partial charge in [-0.3, -0.25) is 0 Å². The molecular formula is C15H34N2O3. The Morgan fingerprint density at radius 1 is 1.20 bits per heavy atom. The molecule has 0 heterocycles. The third kappa shape index (κ3) is 14.2. The SMILES string of the molecule is COCCN(C)CCNCC(O)COCCCC(C)C. The third-order valence-corrected chi connectivity index (χ3v) is 3.11. The Bertz CT molecular complexity index is 204. The number of likely N-dealkylation sites (N-methyl/N-ethyl adjacent to an activating group) is 1. The van der Waals surface area contributed by atoms with E-state index in [0.717, 1.165) is 45.2 Å². The summed E-state index contributed by atoms with van der Waals surface area (Å²) in [6.07, 6.45) is 1.84. The Morgan fingerprint density at radius 3 is 2.60 bits per heavy atom. The van der Waals surface area contributed by atoms with Crippen molar-refractivity contribution in [3.05, 3.63) is 0 Å². The van der Waals surface area contributed by atoms with Gasteiger partial charge in [-0.05, 0) is 25.8 Å². The molecule has 1 unspecified atom stereocenters. The summed E-state index contributed by atoms with van der Waals surface area (Å²) in [6.45, 7) is 9.67. The standard InChI is InChI=1S/C15H34N2O3/c1-14(2)6-5-10-20-13-15(18)12-16-7-8-17(3)9-11-19-4/h14-16,18H,5-13H2,1-4H3. The van der Waals surface area contributed by atoms with Crippen molar-refractivity contribution in [2.75, 3.05) is 60.2 Å². The van der Waals surface area contributed by atoms with Gasteiger partial charge in [-0.25, -0.2) is 0 Å². The maximum atomic E-state index is 9.74. The van der Waals surface area contributed by atoms with Gasteiger partial charge in [0.15, 0.2) is 0 Å². The number of aliphatic hydroxyl groups excluding tert-OH is 1. The molecule has 0 aliphatic heterocycles. The molecule has 0 aliphatic carbocycles. The van der Waals surface area contributed by atoms with E-state index in [0.29, 0.717) is 13.2 Å². The van der Waals surface area contributed by atoms with E-state index >= 15 is 0 Å². The van der Waals surface area contributed by atoms with E-state index in [1.54, 1.807) is 7.11 Å². The number of methoxy groups -OCH3 is 1. The van der Waals surface area contributed by atoms with Gasteiger partial charge >= 0.3 is 0 Å². The van der Waals surface area contributed by atoms with Gasteiger partial charge in [-0.15, -0.1) is 0 Å². The first-order valence-corrected chi connectivity index (χ1v) is 7.70. The van der Waals surface area contributed by atoms with Crippen LogP contribution in [0.2, 0.25) is 0 Å². The summed E-state index contributed by atoms with van der Waals surface area (Å²) < 4.78 is 10.5. The summed E-state index contributed by atoms with van der Waals surface area (Å²) in [5, 5.41) is 13.0. The van der Waals surface area contributed by atoms with E-state index in [-0.39, 0.29) is 0 Å². The second-order valence-corrected chi connectivity index (χ2v) is 5.77. The van der Waals surface area contributed by atoms with Crippen molar-refractivity contribution in [1.82, 2.24) is 10.2 Å². The van der Waals surface area contributed by atoms with E-state index < -0.39 is 6.10 Å². The van der Waals surface area contributed by atoms with Crippen LogP contribution >= 0.6 is 0 Å². The molecule has 0 aromatic carbocycles. The molecule has 0 amide bonds. The van der Waals surface area contributed by atoms with Gasteiger partial charge in [0.05, 0.1) is 19.3 Å². The van der Waals surface area contributed by atoms with E-state index in [1.165, 1.54) is 6.42 Å². The fourth-order valence-corrected chi connectivity index (χ4v) is 1.77. The van der Waals surface area contributed by atoms with Crippen LogP contribution in [0, 0.1) is 5.92 Å². The summed E-state index contributed by atoms with van der Waals surface area (Å²) in [5.41, 5.74) is 0. The van der Waals surface area contributed by atoms with Crippen molar-refractivity contribution in [2.24, 2.45) is 5.92 Å². The van der Waals surface area contributed by atoms with Crippen molar-refractivity contribution in [3.63, 3.8) is 0 Å². The Labute approximate surface area is 124 Å². The first-order chi connectivity index (χ1) is 9.56. The molecule has 0 aliphatic rings. The van der Waals surface area contributed by atoms with Crippen LogP contribution in [-0.2, 0) is 9.47 Å². The first-order valence-electron chi connectivity index (χ1n) is 7.70. The minimum Gasteiger partial charge on any atom is -0.389 e. The summed E-state index contributed by atoms with van der Waals surface area (Å²) in [4.78, 5) is 2.20. The Morgan fingerprint density at radius 2 is 1.95 bits per heavy atom. The molecule has 122 valence electrons. The van der Waals surface area contributed by atoms with E-state index in [2.05, 4.69) is 31.1 Å². The molecule has 0 saturated heterocycles. The lowest BCUT2D eigenvalue weighted by Crippen LogP contribution is -2.36. The van der Waals surface area contributed by atoms with Crippen molar-refractivity contribution in [1.29, 1.82) is 0 Å². The van der Waals surface area contributed by atoms with Gasteiger partial charge in [-0.2, -0.15) is 0 Å². The number of ether oxygens (including phenoxy) is 2. The van der Waals surface area contributed by atoms with Gasteiger partial charge in [0, 0.05) is 39.9 Å². The van der Waals surface area contributed by atoms with Gasteiger partial charge in [-0.1, -0.05) is 13.8 Å². The first kappa shape index (κ1) is 19.8. The van der Waals surface area contributed by atoms with Crippen molar-refractivity contribution >= 4 is 0 Å². The highest BCUT2D eigenvalue weighted by atomic mass is 16.5. The Kier molecular flexibility index (Phi) is 13.6. The quantitative estimate of drug-likeness (QED) is 0.467. The largest absolute Gasteiger partial charge is 0.389 e. The highest BCUT2D eigenvalue weighted by Gasteiger charge is 2.04. The van der Waals surface area contributed by atoms with E-state index in [9.17, 15) is 5.11 Å². The van der Waals surface area contributed by atoms with Crippen LogP contribution in [0.4, 0.5) is 0 Å². The number of aliphatic hydroxyl groups is 1. The maximum Gasteiger partial charge on any atom is 0.0897 e. The summed E-state index contributed by atoms with van der Waals surface area (Å²) in [7, 11) is 3.78. The molecule has 20 heavy (non-hydrogen) atoms. The smallest absolute Gasteiger partial charge is 0.0897 e. The van der Waals surface area contributed by atoms with Crippen LogP contribution in [0.3, 0.4) is 0 Å². The normalized spacial score (nSPS) is 13.3. The molecule has 0 aromatic heterocycles. The molecule has 2 N–H and O–H groups in total. The van der Waals surface area contributed by atoms with Crippen LogP contribution < -0.4 is 5.32 Å². The third-order valence-electron chi connectivity index (χ3n) is 3.11. The zero-order valence-corrected chi connectivity index (χ0v) is 13.7. The number of nitrogens with one attached hydrogen (secondary N) is 1. The molecule has 0 radical (unpaired) electrons. The predicted molar refractivity (Wildman–Crippen MR) is 83.1 cm³/mol. The van der Waals surface area contributed by atoms with E-state index in [4.69, 9.17) is 9.47 Å². The molecule has 0 aromatic rings. The molecule has 0 fully saturated rings. The molecule has 0 rings (SSSR count). The molecule has 5 nitrogen and oxygen atoms in total. The monoisotopic (exact) mass is 290 g/mol. The van der Waals surface area contributed by atoms with E-state index in [1.807, 2.05) is 0 Å². The number of hydrogen-bond donors (Lipinski definition) is 2. The van der Waals surface area contributed by atoms with Crippen LogP contribution in [0.5, 0.6) is 0 Å². The highest BCUT2D eigenvalue weighted by Crippen LogP contribution is 2.03. The Hall–Kier alpha value is -0.200. The van der Waals surface area contributed by atoms with Gasteiger partial charge in [0.2, 0.25) is 0 Å². The van der Waals surface area contributed by atoms with Crippen LogP contribution in [0.1, 0.15) is 26.7 Å². The minimum atomic E-state index is -0.418. The zero-order chi connectivity index (χ0) is 15.2. The van der Waals surface area contributed by atoms with Crippen LogP contribution in [-0.4, -0.2) is 76.3 Å². The molecular weight excluding hydrogens is 256 g/mol. The number of rotatable bonds is 14.